The Bertz CT molecular complexity index is 628. The molecule has 3 rings (SSSR count). The second-order valence-corrected chi connectivity index (χ2v) is 5.91. The van der Waals surface area contributed by atoms with Crippen molar-refractivity contribution in [3.05, 3.63) is 54.4 Å². The Labute approximate surface area is 119 Å². The lowest BCUT2D eigenvalue weighted by molar-refractivity contribution is 0.469. The van der Waals surface area contributed by atoms with Crippen molar-refractivity contribution in [1.29, 1.82) is 0 Å². The molecule has 1 unspecified atom stereocenters. The predicted molar refractivity (Wildman–Crippen MR) is 80.3 cm³/mol. The van der Waals surface area contributed by atoms with Gasteiger partial charge in [-0.05, 0) is 32.9 Å². The molecule has 1 aliphatic rings. The van der Waals surface area contributed by atoms with Gasteiger partial charge in [0.05, 0.1) is 23.6 Å². The predicted octanol–water partition coefficient (Wildman–Crippen LogP) is 3.24. The third kappa shape index (κ3) is 2.18. The maximum absolute atomic E-state index is 4.41. The summed E-state index contributed by atoms with van der Waals surface area (Å²) in [6, 6.07) is 4.12. The third-order valence-electron chi connectivity index (χ3n) is 3.46. The molecule has 1 aliphatic heterocycles. The first-order valence-corrected chi connectivity index (χ1v) is 6.75. The van der Waals surface area contributed by atoms with Crippen molar-refractivity contribution < 1.29 is 0 Å². The van der Waals surface area contributed by atoms with Gasteiger partial charge in [-0.15, -0.1) is 0 Å². The average Bonchev–Trinajstić information content (AvgIpc) is 2.46. The van der Waals surface area contributed by atoms with Crippen molar-refractivity contribution in [2.24, 2.45) is 0 Å². The molecule has 0 saturated carbocycles. The lowest BCUT2D eigenvalue weighted by atomic mass is 9.94. The molecule has 0 N–H and O–H groups in total. The summed E-state index contributed by atoms with van der Waals surface area (Å²) >= 11 is 0. The van der Waals surface area contributed by atoms with Crippen LogP contribution in [-0.2, 0) is 0 Å². The van der Waals surface area contributed by atoms with Crippen LogP contribution in [0.2, 0.25) is 0 Å². The van der Waals surface area contributed by atoms with Gasteiger partial charge in [0.15, 0.2) is 0 Å². The van der Waals surface area contributed by atoms with Crippen LogP contribution in [0.15, 0.2) is 43.1 Å². The quantitative estimate of drug-likeness (QED) is 0.794. The lowest BCUT2D eigenvalue weighted by Gasteiger charge is -2.44. The van der Waals surface area contributed by atoms with E-state index in [0.717, 1.165) is 11.4 Å². The van der Waals surface area contributed by atoms with E-state index in [2.05, 4.69) is 52.8 Å². The van der Waals surface area contributed by atoms with E-state index in [1.807, 2.05) is 24.5 Å². The molecule has 0 aliphatic carbocycles. The molecule has 2 aromatic rings. The van der Waals surface area contributed by atoms with Gasteiger partial charge in [0.25, 0.3) is 0 Å². The molecular weight excluding hydrogens is 248 g/mol. The molecule has 2 aromatic heterocycles. The van der Waals surface area contributed by atoms with Gasteiger partial charge in [-0.25, -0.2) is 9.97 Å². The normalized spacial score (nSPS) is 17.9. The zero-order valence-electron chi connectivity index (χ0n) is 12.0. The molecule has 20 heavy (non-hydrogen) atoms. The van der Waals surface area contributed by atoms with Gasteiger partial charge in [0.2, 0.25) is 0 Å². The van der Waals surface area contributed by atoms with E-state index in [4.69, 9.17) is 0 Å². The standard InChI is InChI=1S/C16H18N4/c1-16(2,3)20-14(13-7-9-18-11-19-13)5-4-12-6-8-17-10-15(12)20/h4-11,14H,1-3H3. The average molecular weight is 266 g/mol. The van der Waals surface area contributed by atoms with Gasteiger partial charge in [-0.1, -0.05) is 12.2 Å². The Balaban J connectivity index is 2.13. The Morgan fingerprint density at radius 2 is 1.90 bits per heavy atom. The molecule has 0 bridgehead atoms. The van der Waals surface area contributed by atoms with Gasteiger partial charge in [0, 0.05) is 23.5 Å². The van der Waals surface area contributed by atoms with Crippen LogP contribution in [-0.4, -0.2) is 20.5 Å². The summed E-state index contributed by atoms with van der Waals surface area (Å²) in [4.78, 5) is 15.1. The molecule has 0 spiro atoms. The van der Waals surface area contributed by atoms with Crippen LogP contribution in [0.4, 0.5) is 5.69 Å². The first kappa shape index (κ1) is 12.8. The SMILES string of the molecule is CC(C)(C)N1c2cnccc2C=CC1c1ccncn1. The molecule has 0 saturated heterocycles. The largest absolute Gasteiger partial charge is 0.353 e. The Morgan fingerprint density at radius 3 is 2.60 bits per heavy atom. The fourth-order valence-corrected chi connectivity index (χ4v) is 2.66. The zero-order valence-corrected chi connectivity index (χ0v) is 12.0. The summed E-state index contributed by atoms with van der Waals surface area (Å²) in [6.07, 6.45) is 11.5. The van der Waals surface area contributed by atoms with Crippen molar-refractivity contribution in [2.45, 2.75) is 32.4 Å². The number of fused-ring (bicyclic) bond motifs is 1. The zero-order chi connectivity index (χ0) is 14.2. The fraction of sp³-hybridized carbons (Fsp3) is 0.312. The minimum absolute atomic E-state index is 0.0296. The molecule has 0 amide bonds. The van der Waals surface area contributed by atoms with Crippen LogP contribution < -0.4 is 4.90 Å². The number of nitrogens with zero attached hydrogens (tertiary/aromatic N) is 4. The molecule has 102 valence electrons. The highest BCUT2D eigenvalue weighted by Crippen LogP contribution is 2.39. The number of anilines is 1. The second kappa shape index (κ2) is 4.71. The van der Waals surface area contributed by atoms with Gasteiger partial charge in [-0.3, -0.25) is 4.98 Å². The molecule has 0 aromatic carbocycles. The van der Waals surface area contributed by atoms with Gasteiger partial charge in [0.1, 0.15) is 6.33 Å². The maximum Gasteiger partial charge on any atom is 0.115 e. The number of hydrogen-bond donors (Lipinski definition) is 0. The fourth-order valence-electron chi connectivity index (χ4n) is 2.66. The lowest BCUT2D eigenvalue weighted by Crippen LogP contribution is -2.45. The monoisotopic (exact) mass is 266 g/mol. The smallest absolute Gasteiger partial charge is 0.115 e. The first-order chi connectivity index (χ1) is 9.57. The highest BCUT2D eigenvalue weighted by atomic mass is 15.2. The van der Waals surface area contributed by atoms with Crippen molar-refractivity contribution in [3.63, 3.8) is 0 Å². The van der Waals surface area contributed by atoms with E-state index < -0.39 is 0 Å². The summed E-state index contributed by atoms with van der Waals surface area (Å²) in [6.45, 7) is 6.62. The number of rotatable bonds is 1. The van der Waals surface area contributed by atoms with E-state index in [0.29, 0.717) is 0 Å². The maximum atomic E-state index is 4.41. The molecule has 4 heteroatoms. The van der Waals surface area contributed by atoms with Gasteiger partial charge >= 0.3 is 0 Å². The minimum atomic E-state index is -0.0296. The summed E-state index contributed by atoms with van der Waals surface area (Å²) < 4.78 is 0. The van der Waals surface area contributed by atoms with Gasteiger partial charge in [-0.2, -0.15) is 0 Å². The first-order valence-electron chi connectivity index (χ1n) is 6.75. The Morgan fingerprint density at radius 1 is 1.10 bits per heavy atom. The highest BCUT2D eigenvalue weighted by Gasteiger charge is 2.33. The van der Waals surface area contributed by atoms with E-state index in [1.54, 1.807) is 12.5 Å². The molecule has 1 atom stereocenters. The summed E-state index contributed by atoms with van der Waals surface area (Å²) in [7, 11) is 0. The van der Waals surface area contributed by atoms with E-state index in [-0.39, 0.29) is 11.6 Å². The summed E-state index contributed by atoms with van der Waals surface area (Å²) in [5.74, 6) is 0. The van der Waals surface area contributed by atoms with E-state index >= 15 is 0 Å². The molecule has 0 fully saturated rings. The van der Waals surface area contributed by atoms with Crippen LogP contribution >= 0.6 is 0 Å². The van der Waals surface area contributed by atoms with Crippen LogP contribution in [0, 0.1) is 0 Å². The van der Waals surface area contributed by atoms with Crippen LogP contribution in [0.3, 0.4) is 0 Å². The van der Waals surface area contributed by atoms with E-state index in [1.165, 1.54) is 5.56 Å². The Kier molecular flexibility index (Phi) is 3.01. The van der Waals surface area contributed by atoms with E-state index in [9.17, 15) is 0 Å². The van der Waals surface area contributed by atoms with Crippen molar-refractivity contribution in [3.8, 4) is 0 Å². The summed E-state index contributed by atoms with van der Waals surface area (Å²) in [5.41, 5.74) is 3.31. The molecular formula is C16H18N4. The van der Waals surface area contributed by atoms with Crippen molar-refractivity contribution in [2.75, 3.05) is 4.90 Å². The highest BCUT2D eigenvalue weighted by molar-refractivity contribution is 5.72. The minimum Gasteiger partial charge on any atom is -0.353 e. The van der Waals surface area contributed by atoms with Gasteiger partial charge < -0.3 is 4.90 Å². The Hall–Kier alpha value is -2.23. The molecule has 0 radical (unpaired) electrons. The summed E-state index contributed by atoms with van der Waals surface area (Å²) in [5, 5.41) is 0. The molecule has 4 nitrogen and oxygen atoms in total. The van der Waals surface area contributed by atoms with Crippen molar-refractivity contribution >= 4 is 11.8 Å². The van der Waals surface area contributed by atoms with Crippen LogP contribution in [0.5, 0.6) is 0 Å². The van der Waals surface area contributed by atoms with Crippen LogP contribution in [0.1, 0.15) is 38.1 Å². The number of pyridine rings is 1. The van der Waals surface area contributed by atoms with Crippen LogP contribution in [0.25, 0.3) is 6.08 Å². The molecule has 3 heterocycles. The number of aromatic nitrogens is 3. The topological polar surface area (TPSA) is 41.9 Å². The van der Waals surface area contributed by atoms with Crippen molar-refractivity contribution in [1.82, 2.24) is 15.0 Å². The number of hydrogen-bond acceptors (Lipinski definition) is 4. The third-order valence-corrected chi connectivity index (χ3v) is 3.46. The second-order valence-electron chi connectivity index (χ2n) is 5.91.